The number of phenolic OH excluding ortho intramolecular Hbond substituents is 2. The Morgan fingerprint density at radius 3 is 2.59 bits per heavy atom. The predicted octanol–water partition coefficient (Wildman–Crippen LogP) is 5.17. The maximum absolute atomic E-state index is 16.7. The lowest BCUT2D eigenvalue weighted by Gasteiger charge is -2.35. The molecule has 12 heteroatoms. The second-order valence-corrected chi connectivity index (χ2v) is 12.6. The molecule has 8 rings (SSSR count). The molecule has 4 aliphatic rings. The summed E-state index contributed by atoms with van der Waals surface area (Å²) in [7, 11) is 0. The zero-order chi connectivity index (χ0) is 30.3. The van der Waals surface area contributed by atoms with Crippen molar-refractivity contribution in [1.82, 2.24) is 20.2 Å². The minimum absolute atomic E-state index is 0.0859. The van der Waals surface area contributed by atoms with Gasteiger partial charge in [-0.15, -0.1) is 0 Å². The predicted molar refractivity (Wildman–Crippen MR) is 156 cm³/mol. The van der Waals surface area contributed by atoms with Gasteiger partial charge in [-0.05, 0) is 55.8 Å². The van der Waals surface area contributed by atoms with Crippen LogP contribution >= 0.6 is 0 Å². The summed E-state index contributed by atoms with van der Waals surface area (Å²) in [5, 5.41) is 24.9. The van der Waals surface area contributed by atoms with Gasteiger partial charge in [0.15, 0.2) is 17.4 Å². The topological polar surface area (TPSA) is 94.0 Å². The number of alkyl halides is 1. The SMILES string of the molecule is Oc1cc(-c2c(O)c(F)c3c(N4CC5CCC(C4)N5)nc(OCC45CCCN4C[C@H](F)C5)nc3c2F)c2c(F)cccc2c1. The molecule has 5 heterocycles. The van der Waals surface area contributed by atoms with Crippen molar-refractivity contribution in [2.24, 2.45) is 0 Å². The van der Waals surface area contributed by atoms with Crippen LogP contribution in [0.25, 0.3) is 32.8 Å². The fourth-order valence-corrected chi connectivity index (χ4v) is 7.96. The highest BCUT2D eigenvalue weighted by atomic mass is 19.1. The first-order chi connectivity index (χ1) is 21.2. The minimum Gasteiger partial charge on any atom is -0.508 e. The Morgan fingerprint density at radius 1 is 1.00 bits per heavy atom. The summed E-state index contributed by atoms with van der Waals surface area (Å²) in [5.41, 5.74) is -1.82. The first-order valence-corrected chi connectivity index (χ1v) is 15.1. The molecule has 1 aromatic heterocycles. The lowest BCUT2D eigenvalue weighted by atomic mass is 9.94. The molecule has 4 aliphatic heterocycles. The van der Waals surface area contributed by atoms with E-state index in [1.165, 1.54) is 18.2 Å². The monoisotopic (exact) mass is 609 g/mol. The zero-order valence-electron chi connectivity index (χ0n) is 23.8. The number of halogens is 4. The Kier molecular flexibility index (Phi) is 6.32. The van der Waals surface area contributed by atoms with Gasteiger partial charge in [0.2, 0.25) is 0 Å². The van der Waals surface area contributed by atoms with Crippen molar-refractivity contribution in [2.75, 3.05) is 37.7 Å². The molecular formula is C32H31F4N5O3. The minimum atomic E-state index is -1.16. The molecule has 4 atom stereocenters. The van der Waals surface area contributed by atoms with Crippen LogP contribution in [0.1, 0.15) is 32.1 Å². The highest BCUT2D eigenvalue weighted by Gasteiger charge is 2.49. The number of nitrogens with one attached hydrogen (secondary N) is 1. The molecule has 8 nitrogen and oxygen atoms in total. The molecule has 0 amide bonds. The average molecular weight is 610 g/mol. The number of benzene rings is 3. The normalized spacial score (nSPS) is 26.6. The van der Waals surface area contributed by atoms with Crippen LogP contribution in [0.4, 0.5) is 23.4 Å². The van der Waals surface area contributed by atoms with Crippen molar-refractivity contribution in [2.45, 2.75) is 55.9 Å². The number of fused-ring (bicyclic) bond motifs is 5. The highest BCUT2D eigenvalue weighted by Crippen LogP contribution is 2.46. The zero-order valence-corrected chi connectivity index (χ0v) is 23.8. The fraction of sp³-hybridized carbons (Fsp3) is 0.438. The molecule has 0 radical (unpaired) electrons. The Balaban J connectivity index is 1.31. The van der Waals surface area contributed by atoms with Crippen molar-refractivity contribution in [1.29, 1.82) is 0 Å². The van der Waals surface area contributed by atoms with E-state index in [0.29, 0.717) is 26.1 Å². The van der Waals surface area contributed by atoms with Crippen LogP contribution in [0.15, 0.2) is 30.3 Å². The Labute approximate surface area is 250 Å². The van der Waals surface area contributed by atoms with E-state index in [1.54, 1.807) is 0 Å². The molecule has 0 saturated carbocycles. The van der Waals surface area contributed by atoms with Crippen LogP contribution in [0, 0.1) is 17.5 Å². The Morgan fingerprint density at radius 2 is 1.80 bits per heavy atom. The van der Waals surface area contributed by atoms with E-state index in [-0.39, 0.29) is 58.0 Å². The largest absolute Gasteiger partial charge is 0.508 e. The van der Waals surface area contributed by atoms with E-state index in [9.17, 15) is 14.6 Å². The lowest BCUT2D eigenvalue weighted by molar-refractivity contribution is 0.107. The number of anilines is 1. The van der Waals surface area contributed by atoms with Crippen LogP contribution in [0.2, 0.25) is 0 Å². The molecule has 4 fully saturated rings. The molecule has 3 N–H and O–H groups in total. The second-order valence-electron chi connectivity index (χ2n) is 12.6. The molecule has 3 unspecified atom stereocenters. The Bertz CT molecular complexity index is 1810. The van der Waals surface area contributed by atoms with Crippen LogP contribution < -0.4 is 15.0 Å². The number of nitrogens with zero attached hydrogens (tertiary/aromatic N) is 4. The lowest BCUT2D eigenvalue weighted by Crippen LogP contribution is -2.51. The van der Waals surface area contributed by atoms with Crippen LogP contribution in [0.3, 0.4) is 0 Å². The molecular weight excluding hydrogens is 578 g/mol. The van der Waals surface area contributed by atoms with Crippen molar-refractivity contribution in [3.63, 3.8) is 0 Å². The number of phenols is 2. The standard InChI is InChI=1S/C32H31F4N5O3/c33-17-11-32(7-2-8-41(32)12-17)15-44-31-38-28-25(30(39-31)40-13-18-5-6-19(14-40)37-18)27(36)29(43)24(26(28)35)21-10-20(42)9-16-3-1-4-22(34)23(16)21/h1,3-4,9-10,17-19,37,42-43H,2,5-8,11-15H2/t17-,18?,19?,32?/m1/s1. The summed E-state index contributed by atoms with van der Waals surface area (Å²) >= 11 is 0. The van der Waals surface area contributed by atoms with Gasteiger partial charge in [-0.25, -0.2) is 17.6 Å². The molecule has 44 heavy (non-hydrogen) atoms. The van der Waals surface area contributed by atoms with Gasteiger partial charge in [0.1, 0.15) is 35.7 Å². The maximum Gasteiger partial charge on any atom is 0.319 e. The number of hydrogen-bond donors (Lipinski definition) is 3. The van der Waals surface area contributed by atoms with E-state index < -0.39 is 46.0 Å². The fourth-order valence-electron chi connectivity index (χ4n) is 7.96. The number of piperazine rings is 1. The van der Waals surface area contributed by atoms with Gasteiger partial charge in [0.05, 0.1) is 16.5 Å². The van der Waals surface area contributed by atoms with Gasteiger partial charge in [-0.2, -0.15) is 9.97 Å². The molecule has 0 aliphatic carbocycles. The van der Waals surface area contributed by atoms with E-state index in [1.807, 2.05) is 4.90 Å². The van der Waals surface area contributed by atoms with E-state index >= 15 is 13.2 Å². The van der Waals surface area contributed by atoms with Gasteiger partial charge in [-0.1, -0.05) is 12.1 Å². The number of hydrogen-bond acceptors (Lipinski definition) is 8. The third-order valence-corrected chi connectivity index (χ3v) is 9.89. The van der Waals surface area contributed by atoms with E-state index in [2.05, 4.69) is 20.2 Å². The summed E-state index contributed by atoms with van der Waals surface area (Å²) in [6, 6.07) is 6.59. The number of rotatable bonds is 5. The van der Waals surface area contributed by atoms with Crippen molar-refractivity contribution >= 4 is 27.5 Å². The average Bonchev–Trinajstić information content (AvgIpc) is 3.64. The summed E-state index contributed by atoms with van der Waals surface area (Å²) in [4.78, 5) is 12.8. The van der Waals surface area contributed by atoms with Crippen molar-refractivity contribution < 1.29 is 32.5 Å². The summed E-state index contributed by atoms with van der Waals surface area (Å²) in [5.74, 6) is -4.27. The van der Waals surface area contributed by atoms with Crippen LogP contribution in [0.5, 0.6) is 17.5 Å². The van der Waals surface area contributed by atoms with Crippen molar-refractivity contribution in [3.05, 3.63) is 47.8 Å². The molecule has 4 aromatic rings. The number of aromatic hydroxyl groups is 2. The maximum atomic E-state index is 16.7. The van der Waals surface area contributed by atoms with Gasteiger partial charge >= 0.3 is 6.01 Å². The molecule has 3 aromatic carbocycles. The molecule has 0 spiro atoms. The number of aromatic nitrogens is 2. The highest BCUT2D eigenvalue weighted by molar-refractivity contribution is 6.04. The molecule has 2 bridgehead atoms. The second kappa shape index (κ2) is 10.1. The first kappa shape index (κ1) is 27.6. The quantitative estimate of drug-likeness (QED) is 0.267. The van der Waals surface area contributed by atoms with Crippen LogP contribution in [-0.2, 0) is 0 Å². The Hall–Kier alpha value is -3.90. The summed E-state index contributed by atoms with van der Waals surface area (Å²) in [6.45, 7) is 2.13. The third-order valence-electron chi connectivity index (χ3n) is 9.89. The smallest absolute Gasteiger partial charge is 0.319 e. The van der Waals surface area contributed by atoms with Gasteiger partial charge < -0.3 is 25.2 Å². The van der Waals surface area contributed by atoms with Gasteiger partial charge in [-0.3, -0.25) is 4.90 Å². The first-order valence-electron chi connectivity index (χ1n) is 15.1. The number of ether oxygens (including phenoxy) is 1. The third kappa shape index (κ3) is 4.25. The van der Waals surface area contributed by atoms with Crippen molar-refractivity contribution in [3.8, 4) is 28.6 Å². The van der Waals surface area contributed by atoms with Crippen LogP contribution in [-0.4, -0.2) is 81.7 Å². The van der Waals surface area contributed by atoms with Gasteiger partial charge in [0.25, 0.3) is 0 Å². The molecule has 230 valence electrons. The van der Waals surface area contributed by atoms with Gasteiger partial charge in [0, 0.05) is 49.1 Å². The summed E-state index contributed by atoms with van der Waals surface area (Å²) in [6.07, 6.45) is 2.84. The van der Waals surface area contributed by atoms with E-state index in [4.69, 9.17) is 4.74 Å². The van der Waals surface area contributed by atoms with E-state index in [0.717, 1.165) is 44.4 Å². The molecule has 4 saturated heterocycles. The summed E-state index contributed by atoms with van der Waals surface area (Å²) < 4.78 is 68.7.